The van der Waals surface area contributed by atoms with Crippen molar-refractivity contribution in [2.45, 2.75) is 59.5 Å². The van der Waals surface area contributed by atoms with Crippen molar-refractivity contribution >= 4 is 17.5 Å². The molecule has 1 aliphatic rings. The summed E-state index contributed by atoms with van der Waals surface area (Å²) in [6, 6.07) is 6.34. The van der Waals surface area contributed by atoms with Gasteiger partial charge in [0.05, 0.1) is 12.0 Å². The minimum atomic E-state index is -0.462. The van der Waals surface area contributed by atoms with E-state index in [1.807, 2.05) is 13.8 Å². The lowest BCUT2D eigenvalue weighted by molar-refractivity contribution is -0.131. The molecule has 5 nitrogen and oxygen atoms in total. The minimum Gasteiger partial charge on any atom is -0.330 e. The molecule has 1 aliphatic heterocycles. The maximum atomic E-state index is 12.7. The normalized spacial score (nSPS) is 12.9. The predicted octanol–water partition coefficient (Wildman–Crippen LogP) is 3.20. The Morgan fingerprint density at radius 2 is 1.89 bits per heavy atom. The number of amides is 1. The topological polar surface area (TPSA) is 66.5 Å². The molecule has 1 aromatic rings. The monoisotopic (exact) mass is 384 g/mol. The molecule has 1 N–H and O–H groups in total. The number of hydrogen-bond donors (Lipinski definition) is 1. The number of hydrogen-bond acceptors (Lipinski definition) is 4. The summed E-state index contributed by atoms with van der Waals surface area (Å²) in [5, 5.41) is 3.32. The Hall–Kier alpha value is -2.27. The third kappa shape index (κ3) is 6.13. The molecule has 0 aliphatic carbocycles. The first kappa shape index (κ1) is 22.0. The van der Waals surface area contributed by atoms with Crippen molar-refractivity contribution in [3.8, 4) is 0 Å². The lowest BCUT2D eigenvalue weighted by atomic mass is 10.0. The van der Waals surface area contributed by atoms with E-state index in [0.29, 0.717) is 19.5 Å². The van der Waals surface area contributed by atoms with Gasteiger partial charge in [-0.1, -0.05) is 45.5 Å². The van der Waals surface area contributed by atoms with Crippen LogP contribution in [-0.2, 0) is 33.9 Å². The van der Waals surface area contributed by atoms with Gasteiger partial charge in [0.15, 0.2) is 5.78 Å². The Bertz CT molecular complexity index is 752. The molecule has 2 rings (SSSR count). The molecule has 1 heterocycles. The van der Waals surface area contributed by atoms with Gasteiger partial charge in [-0.25, -0.2) is 0 Å². The van der Waals surface area contributed by atoms with E-state index in [9.17, 15) is 14.4 Å². The van der Waals surface area contributed by atoms with Crippen LogP contribution in [0.2, 0.25) is 0 Å². The molecule has 0 saturated carbocycles. The smallest absolute Gasteiger partial charge is 0.257 e. The van der Waals surface area contributed by atoms with Crippen LogP contribution in [-0.4, -0.2) is 35.5 Å². The van der Waals surface area contributed by atoms with Crippen LogP contribution in [0.25, 0.3) is 0 Å². The van der Waals surface area contributed by atoms with Crippen molar-refractivity contribution < 1.29 is 14.4 Å². The van der Waals surface area contributed by atoms with E-state index in [1.165, 1.54) is 5.56 Å². The fourth-order valence-electron chi connectivity index (χ4n) is 3.46. The second-order valence-electron chi connectivity index (χ2n) is 7.94. The summed E-state index contributed by atoms with van der Waals surface area (Å²) in [5.74, 6) is -0.770. The van der Waals surface area contributed by atoms with E-state index in [1.54, 1.807) is 4.90 Å². The molecule has 5 heteroatoms. The van der Waals surface area contributed by atoms with E-state index in [0.717, 1.165) is 37.1 Å². The average Bonchev–Trinajstić information content (AvgIpc) is 3.06. The van der Waals surface area contributed by atoms with E-state index < -0.39 is 5.78 Å². The minimum absolute atomic E-state index is 0.0872. The van der Waals surface area contributed by atoms with Gasteiger partial charge in [-0.15, -0.1) is 0 Å². The molecular formula is C23H32N2O3. The standard InChI is InChI=1S/C23H32N2O3/c1-5-24-10-6-7-18-8-9-19-14-25(15-20(19)12-18)23(28)17(4)22(27)13-21(26)11-16(2)3/h8-9,12,16,24H,4-7,10-11,13-15H2,1-3H3. The maximum Gasteiger partial charge on any atom is 0.257 e. The van der Waals surface area contributed by atoms with Crippen molar-refractivity contribution in [2.24, 2.45) is 5.92 Å². The van der Waals surface area contributed by atoms with Crippen LogP contribution >= 0.6 is 0 Å². The highest BCUT2D eigenvalue weighted by molar-refractivity contribution is 6.22. The zero-order chi connectivity index (χ0) is 20.7. The summed E-state index contributed by atoms with van der Waals surface area (Å²) >= 11 is 0. The van der Waals surface area contributed by atoms with E-state index in [-0.39, 0.29) is 29.6 Å². The molecule has 0 spiro atoms. The molecule has 0 radical (unpaired) electrons. The molecule has 152 valence electrons. The largest absolute Gasteiger partial charge is 0.330 e. The first-order valence-corrected chi connectivity index (χ1v) is 10.2. The number of ketones is 2. The SMILES string of the molecule is C=C(C(=O)CC(=O)CC(C)C)C(=O)N1Cc2ccc(CCCNCC)cc2C1. The number of benzene rings is 1. The first-order valence-electron chi connectivity index (χ1n) is 10.2. The molecule has 0 fully saturated rings. The molecule has 28 heavy (non-hydrogen) atoms. The summed E-state index contributed by atoms with van der Waals surface area (Å²) in [5.41, 5.74) is 3.42. The molecule has 1 aromatic carbocycles. The van der Waals surface area contributed by atoms with Gasteiger partial charge in [-0.3, -0.25) is 14.4 Å². The highest BCUT2D eigenvalue weighted by atomic mass is 16.2. The Labute approximate surface area is 168 Å². The third-order valence-corrected chi connectivity index (χ3v) is 4.94. The van der Waals surface area contributed by atoms with Crippen LogP contribution in [0.1, 0.15) is 56.7 Å². The molecule has 0 unspecified atom stereocenters. The van der Waals surface area contributed by atoms with Crippen molar-refractivity contribution in [1.82, 2.24) is 10.2 Å². The molecule has 1 amide bonds. The molecule has 0 bridgehead atoms. The molecule has 0 aromatic heterocycles. The summed E-state index contributed by atoms with van der Waals surface area (Å²) < 4.78 is 0. The lowest BCUT2D eigenvalue weighted by Crippen LogP contribution is -2.30. The van der Waals surface area contributed by atoms with E-state index in [4.69, 9.17) is 0 Å². The number of fused-ring (bicyclic) bond motifs is 1. The van der Waals surface area contributed by atoms with Crippen LogP contribution in [0.15, 0.2) is 30.4 Å². The maximum absolute atomic E-state index is 12.7. The van der Waals surface area contributed by atoms with Gasteiger partial charge in [0.25, 0.3) is 5.91 Å². The number of nitrogens with zero attached hydrogens (tertiary/aromatic N) is 1. The van der Waals surface area contributed by atoms with Crippen molar-refractivity contribution in [3.63, 3.8) is 0 Å². The fourth-order valence-corrected chi connectivity index (χ4v) is 3.46. The fraction of sp³-hybridized carbons (Fsp3) is 0.522. The van der Waals surface area contributed by atoms with Crippen molar-refractivity contribution in [2.75, 3.05) is 13.1 Å². The van der Waals surface area contributed by atoms with Crippen LogP contribution in [0.4, 0.5) is 0 Å². The van der Waals surface area contributed by atoms with Gasteiger partial charge in [0, 0.05) is 19.5 Å². The van der Waals surface area contributed by atoms with Gasteiger partial charge in [-0.05, 0) is 48.5 Å². The molecular weight excluding hydrogens is 352 g/mol. The number of Topliss-reactive ketones (excluding diaryl/α,β-unsaturated/α-hetero) is 2. The summed E-state index contributed by atoms with van der Waals surface area (Å²) in [6.07, 6.45) is 2.18. The molecule has 0 atom stereocenters. The number of carbonyl (C=O) groups is 3. The van der Waals surface area contributed by atoms with Gasteiger partial charge < -0.3 is 10.2 Å². The second-order valence-corrected chi connectivity index (χ2v) is 7.94. The highest BCUT2D eigenvalue weighted by Crippen LogP contribution is 2.26. The van der Waals surface area contributed by atoms with E-state index >= 15 is 0 Å². The van der Waals surface area contributed by atoms with Gasteiger partial charge in [0.1, 0.15) is 5.78 Å². The van der Waals surface area contributed by atoms with Gasteiger partial charge in [-0.2, -0.15) is 0 Å². The van der Waals surface area contributed by atoms with Crippen LogP contribution < -0.4 is 5.32 Å². The Balaban J connectivity index is 1.91. The quantitative estimate of drug-likeness (QED) is 0.275. The van der Waals surface area contributed by atoms with Crippen LogP contribution in [0.3, 0.4) is 0 Å². The Morgan fingerprint density at radius 3 is 2.57 bits per heavy atom. The first-order chi connectivity index (χ1) is 13.3. The zero-order valence-corrected chi connectivity index (χ0v) is 17.3. The summed E-state index contributed by atoms with van der Waals surface area (Å²) in [7, 11) is 0. The lowest BCUT2D eigenvalue weighted by Gasteiger charge is -2.16. The van der Waals surface area contributed by atoms with Crippen LogP contribution in [0.5, 0.6) is 0 Å². The number of aryl methyl sites for hydroxylation is 1. The van der Waals surface area contributed by atoms with Gasteiger partial charge >= 0.3 is 0 Å². The average molecular weight is 385 g/mol. The third-order valence-electron chi connectivity index (χ3n) is 4.94. The van der Waals surface area contributed by atoms with Gasteiger partial charge in [0.2, 0.25) is 0 Å². The molecule has 0 saturated heterocycles. The number of rotatable bonds is 11. The number of nitrogens with one attached hydrogen (secondary N) is 1. The summed E-state index contributed by atoms with van der Waals surface area (Å²) in [6.45, 7) is 12.6. The van der Waals surface area contributed by atoms with Crippen molar-refractivity contribution in [3.05, 3.63) is 47.0 Å². The van der Waals surface area contributed by atoms with E-state index in [2.05, 4.69) is 37.0 Å². The zero-order valence-electron chi connectivity index (χ0n) is 17.3. The Kier molecular flexibility index (Phi) is 8.12. The summed E-state index contributed by atoms with van der Waals surface area (Å²) in [4.78, 5) is 38.4. The second kappa shape index (κ2) is 10.3. The van der Waals surface area contributed by atoms with Crippen molar-refractivity contribution in [1.29, 1.82) is 0 Å². The van der Waals surface area contributed by atoms with Crippen LogP contribution in [0, 0.1) is 5.92 Å². The number of carbonyl (C=O) groups excluding carboxylic acids is 3. The highest BCUT2D eigenvalue weighted by Gasteiger charge is 2.28. The predicted molar refractivity (Wildman–Crippen MR) is 111 cm³/mol. The Morgan fingerprint density at radius 1 is 1.18 bits per heavy atom.